The van der Waals surface area contributed by atoms with Crippen molar-refractivity contribution in [3.8, 4) is 0 Å². The van der Waals surface area contributed by atoms with E-state index in [1.54, 1.807) is 7.11 Å². The monoisotopic (exact) mass is 201 g/mol. The molecule has 0 aromatic rings. The standard InChI is InChI=1S/C11H25OSi/c1-5-6-7-8-9-10-11-13(3,4)12-2/h3,5-11H2,1-2,4H3. The van der Waals surface area contributed by atoms with E-state index < -0.39 is 8.32 Å². The number of unbranched alkanes of at least 4 members (excludes halogenated alkanes) is 5. The number of rotatable bonds is 8. The molecule has 0 aromatic carbocycles. The molecule has 0 fully saturated rings. The van der Waals surface area contributed by atoms with Crippen molar-refractivity contribution in [3.05, 3.63) is 6.55 Å². The van der Waals surface area contributed by atoms with E-state index in [4.69, 9.17) is 4.43 Å². The van der Waals surface area contributed by atoms with E-state index in [2.05, 4.69) is 20.0 Å². The molecule has 0 aliphatic carbocycles. The lowest BCUT2D eigenvalue weighted by molar-refractivity contribution is 0.405. The molecule has 0 N–H and O–H groups in total. The minimum Gasteiger partial charge on any atom is -0.420 e. The zero-order valence-electron chi connectivity index (χ0n) is 9.57. The minimum absolute atomic E-state index is 1.22. The van der Waals surface area contributed by atoms with Crippen LogP contribution in [-0.4, -0.2) is 15.4 Å². The van der Waals surface area contributed by atoms with Gasteiger partial charge in [0.15, 0.2) is 8.32 Å². The fraction of sp³-hybridized carbons (Fsp3) is 0.909. The van der Waals surface area contributed by atoms with E-state index >= 15 is 0 Å². The summed E-state index contributed by atoms with van der Waals surface area (Å²) in [4.78, 5) is 0. The molecule has 0 saturated carbocycles. The average Bonchev–Trinajstić information content (AvgIpc) is 2.11. The van der Waals surface area contributed by atoms with Crippen molar-refractivity contribution in [1.29, 1.82) is 0 Å². The molecule has 0 spiro atoms. The Morgan fingerprint density at radius 1 is 1.08 bits per heavy atom. The lowest BCUT2D eigenvalue weighted by Crippen LogP contribution is -2.28. The van der Waals surface area contributed by atoms with Crippen molar-refractivity contribution in [2.75, 3.05) is 7.11 Å². The SMILES string of the molecule is [CH2][Si](C)(CCCCCCCC)OC. The second-order valence-electron chi connectivity index (χ2n) is 4.17. The Kier molecular flexibility index (Phi) is 7.67. The van der Waals surface area contributed by atoms with E-state index in [0.717, 1.165) is 0 Å². The zero-order valence-corrected chi connectivity index (χ0v) is 10.6. The smallest absolute Gasteiger partial charge is 0.189 e. The molecule has 79 valence electrons. The van der Waals surface area contributed by atoms with Gasteiger partial charge in [0.1, 0.15) is 0 Å². The van der Waals surface area contributed by atoms with Gasteiger partial charge in [-0.2, -0.15) is 0 Å². The molecule has 0 bridgehead atoms. The molecule has 2 heteroatoms. The fourth-order valence-corrected chi connectivity index (χ4v) is 2.58. The van der Waals surface area contributed by atoms with Gasteiger partial charge in [-0.3, -0.25) is 0 Å². The first-order valence-electron chi connectivity index (χ1n) is 5.53. The Hall–Kier alpha value is 0.177. The van der Waals surface area contributed by atoms with E-state index in [-0.39, 0.29) is 0 Å². The first-order valence-corrected chi connectivity index (χ1v) is 8.35. The molecule has 0 aliphatic heterocycles. The van der Waals surface area contributed by atoms with Crippen LogP contribution in [0.1, 0.15) is 45.4 Å². The van der Waals surface area contributed by atoms with Crippen LogP contribution in [-0.2, 0) is 4.43 Å². The number of hydrogen-bond acceptors (Lipinski definition) is 1. The third kappa shape index (κ3) is 8.51. The van der Waals surface area contributed by atoms with Gasteiger partial charge in [-0.25, -0.2) is 0 Å². The zero-order chi connectivity index (χ0) is 10.2. The summed E-state index contributed by atoms with van der Waals surface area (Å²) in [5.74, 6) is 0. The maximum Gasteiger partial charge on any atom is 0.189 e. The number of hydrogen-bond donors (Lipinski definition) is 0. The van der Waals surface area contributed by atoms with Gasteiger partial charge in [0.2, 0.25) is 0 Å². The average molecular weight is 201 g/mol. The first-order chi connectivity index (χ1) is 6.12. The Morgan fingerprint density at radius 2 is 1.62 bits per heavy atom. The van der Waals surface area contributed by atoms with Crippen molar-refractivity contribution in [3.63, 3.8) is 0 Å². The van der Waals surface area contributed by atoms with Crippen molar-refractivity contribution in [2.24, 2.45) is 0 Å². The van der Waals surface area contributed by atoms with Crippen LogP contribution in [0.25, 0.3) is 0 Å². The van der Waals surface area contributed by atoms with Crippen molar-refractivity contribution >= 4 is 8.32 Å². The molecule has 1 atom stereocenters. The lowest BCUT2D eigenvalue weighted by atomic mass is 10.1. The van der Waals surface area contributed by atoms with Gasteiger partial charge < -0.3 is 4.43 Å². The topological polar surface area (TPSA) is 9.23 Å². The van der Waals surface area contributed by atoms with E-state index in [1.807, 2.05) is 0 Å². The highest BCUT2D eigenvalue weighted by Crippen LogP contribution is 2.15. The summed E-state index contributed by atoms with van der Waals surface area (Å²) >= 11 is 0. The predicted molar refractivity (Wildman–Crippen MR) is 62.2 cm³/mol. The van der Waals surface area contributed by atoms with Crippen LogP contribution >= 0.6 is 0 Å². The van der Waals surface area contributed by atoms with Crippen molar-refractivity contribution < 1.29 is 4.43 Å². The largest absolute Gasteiger partial charge is 0.420 e. The van der Waals surface area contributed by atoms with Crippen LogP contribution in [0.5, 0.6) is 0 Å². The molecule has 13 heavy (non-hydrogen) atoms. The van der Waals surface area contributed by atoms with Gasteiger partial charge >= 0.3 is 0 Å². The van der Waals surface area contributed by atoms with E-state index in [9.17, 15) is 0 Å². The molecule has 1 nitrogen and oxygen atoms in total. The molecule has 1 radical (unpaired) electrons. The Bertz CT molecular complexity index is 113. The predicted octanol–water partition coefficient (Wildman–Crippen LogP) is 3.94. The first kappa shape index (κ1) is 13.2. The summed E-state index contributed by atoms with van der Waals surface area (Å²) in [6.07, 6.45) is 8.19. The molecule has 0 saturated heterocycles. The van der Waals surface area contributed by atoms with Gasteiger partial charge in [0.05, 0.1) is 0 Å². The lowest BCUT2D eigenvalue weighted by Gasteiger charge is -2.19. The van der Waals surface area contributed by atoms with E-state index in [1.165, 1.54) is 44.6 Å². The van der Waals surface area contributed by atoms with Crippen LogP contribution < -0.4 is 0 Å². The molecule has 0 rings (SSSR count). The molecule has 0 heterocycles. The van der Waals surface area contributed by atoms with Gasteiger partial charge in [-0.1, -0.05) is 45.4 Å². The van der Waals surface area contributed by atoms with Crippen LogP contribution in [0.4, 0.5) is 0 Å². The highest BCUT2D eigenvalue weighted by atomic mass is 28.4. The Balaban J connectivity index is 3.16. The second-order valence-corrected chi connectivity index (χ2v) is 7.98. The van der Waals surface area contributed by atoms with Crippen LogP contribution in [0.3, 0.4) is 0 Å². The summed E-state index contributed by atoms with van der Waals surface area (Å²) in [6.45, 7) is 8.59. The van der Waals surface area contributed by atoms with Gasteiger partial charge in [-0.15, -0.1) is 0 Å². The maximum atomic E-state index is 5.39. The van der Waals surface area contributed by atoms with Crippen LogP contribution in [0.2, 0.25) is 12.6 Å². The van der Waals surface area contributed by atoms with Gasteiger partial charge in [0, 0.05) is 7.11 Å². The second kappa shape index (κ2) is 7.57. The normalized spacial score (nSPS) is 12.0. The molecule has 1 unspecified atom stereocenters. The van der Waals surface area contributed by atoms with Crippen molar-refractivity contribution in [1.82, 2.24) is 0 Å². The van der Waals surface area contributed by atoms with E-state index in [0.29, 0.717) is 0 Å². The van der Waals surface area contributed by atoms with Crippen molar-refractivity contribution in [2.45, 2.75) is 58.0 Å². The van der Waals surface area contributed by atoms with Crippen LogP contribution in [0, 0.1) is 6.55 Å². The van der Waals surface area contributed by atoms with Gasteiger partial charge in [0.25, 0.3) is 0 Å². The molecular weight excluding hydrogens is 176 g/mol. The quantitative estimate of drug-likeness (QED) is 0.427. The molecule has 0 aliphatic rings. The summed E-state index contributed by atoms with van der Waals surface area (Å²) < 4.78 is 5.39. The summed E-state index contributed by atoms with van der Waals surface area (Å²) in [7, 11) is 0.306. The summed E-state index contributed by atoms with van der Waals surface area (Å²) in [5.41, 5.74) is 0. The third-order valence-corrected chi connectivity index (χ3v) is 4.95. The minimum atomic E-state index is -1.50. The third-order valence-electron chi connectivity index (χ3n) is 2.55. The fourth-order valence-electron chi connectivity index (χ4n) is 1.38. The molecular formula is C11H25OSi. The van der Waals surface area contributed by atoms with Gasteiger partial charge in [-0.05, 0) is 19.1 Å². The maximum absolute atomic E-state index is 5.39. The molecule has 0 amide bonds. The molecule has 0 aromatic heterocycles. The summed E-state index contributed by atoms with van der Waals surface area (Å²) in [6, 6.07) is 1.22. The highest BCUT2D eigenvalue weighted by molar-refractivity contribution is 6.74. The Morgan fingerprint density at radius 3 is 2.15 bits per heavy atom. The van der Waals surface area contributed by atoms with Crippen LogP contribution in [0.15, 0.2) is 0 Å². The highest BCUT2D eigenvalue weighted by Gasteiger charge is 2.19. The Labute approximate surface area is 85.0 Å². The summed E-state index contributed by atoms with van der Waals surface area (Å²) in [5, 5.41) is 0.